The number of aliphatic carboxylic acids is 1. The van der Waals surface area contributed by atoms with Gasteiger partial charge in [0.15, 0.2) is 6.23 Å². The Bertz CT molecular complexity index is 656. The van der Waals surface area contributed by atoms with E-state index in [1.165, 1.54) is 0 Å². The molecule has 2 fully saturated rings. The highest BCUT2D eigenvalue weighted by atomic mass is 16.6. The molecule has 2 bridgehead atoms. The molecule has 5 unspecified atom stereocenters. The van der Waals surface area contributed by atoms with Crippen molar-refractivity contribution in [2.24, 2.45) is 23.7 Å². The van der Waals surface area contributed by atoms with Gasteiger partial charge in [-0.15, -0.1) is 0 Å². The van der Waals surface area contributed by atoms with Gasteiger partial charge in [0.1, 0.15) is 6.04 Å². The molecule has 1 aromatic rings. The van der Waals surface area contributed by atoms with E-state index in [9.17, 15) is 14.7 Å². The lowest BCUT2D eigenvalue weighted by Gasteiger charge is -2.26. The zero-order valence-electron chi connectivity index (χ0n) is 12.6. The van der Waals surface area contributed by atoms with Gasteiger partial charge in [-0.25, -0.2) is 0 Å². The van der Waals surface area contributed by atoms with Crippen LogP contribution in [0.1, 0.15) is 12.0 Å². The van der Waals surface area contributed by atoms with Crippen molar-refractivity contribution in [2.45, 2.75) is 25.1 Å². The smallest absolute Gasteiger partial charge is 0.321 e. The zero-order valence-corrected chi connectivity index (χ0v) is 12.6. The van der Waals surface area contributed by atoms with Gasteiger partial charge in [0.2, 0.25) is 0 Å². The van der Waals surface area contributed by atoms with E-state index in [1.807, 2.05) is 30.3 Å². The molecule has 6 atom stereocenters. The normalized spacial score (nSPS) is 35.1. The number of carboxylic acid groups (broad SMARTS) is 1. The summed E-state index contributed by atoms with van der Waals surface area (Å²) in [5, 5.41) is 12.6. The van der Waals surface area contributed by atoms with E-state index in [1.54, 1.807) is 0 Å². The van der Waals surface area contributed by atoms with Crippen LogP contribution in [0.5, 0.6) is 0 Å². The van der Waals surface area contributed by atoms with E-state index < -0.39 is 18.2 Å². The van der Waals surface area contributed by atoms with Gasteiger partial charge in [0.05, 0.1) is 5.92 Å². The maximum absolute atomic E-state index is 12.1. The lowest BCUT2D eigenvalue weighted by atomic mass is 9.84. The predicted octanol–water partition coefficient (Wildman–Crippen LogP) is 1.59. The molecule has 1 saturated carbocycles. The van der Waals surface area contributed by atoms with E-state index in [0.29, 0.717) is 12.3 Å². The van der Waals surface area contributed by atoms with Crippen molar-refractivity contribution in [3.8, 4) is 0 Å². The summed E-state index contributed by atoms with van der Waals surface area (Å²) in [7, 11) is 0. The van der Waals surface area contributed by atoms with Crippen molar-refractivity contribution in [2.75, 3.05) is 0 Å². The molecule has 3 aliphatic rings. The highest BCUT2D eigenvalue weighted by Crippen LogP contribution is 2.53. The second kappa shape index (κ2) is 5.49. The number of hydrogen-bond acceptors (Lipinski definition) is 4. The molecule has 1 saturated heterocycles. The minimum atomic E-state index is -0.924. The van der Waals surface area contributed by atoms with Gasteiger partial charge in [0, 0.05) is 5.92 Å². The number of fused-ring (bicyclic) bond motifs is 5. The fraction of sp³-hybridized carbons (Fsp3) is 0.444. The summed E-state index contributed by atoms with van der Waals surface area (Å²) in [6, 6.07) is 8.72. The Morgan fingerprint density at radius 1 is 1.26 bits per heavy atom. The lowest BCUT2D eigenvalue weighted by molar-refractivity contribution is -0.149. The largest absolute Gasteiger partial charge is 0.480 e. The Morgan fingerprint density at radius 3 is 2.74 bits per heavy atom. The zero-order chi connectivity index (χ0) is 16.0. The summed E-state index contributed by atoms with van der Waals surface area (Å²) in [5.74, 6) is -0.564. The molecular formula is C18H19NO4. The molecule has 1 aliphatic heterocycles. The number of carbonyl (C=O) groups excluding carboxylic acids is 1. The molecule has 0 radical (unpaired) electrons. The average molecular weight is 313 g/mol. The first kappa shape index (κ1) is 14.5. The predicted molar refractivity (Wildman–Crippen MR) is 82.3 cm³/mol. The molecule has 4 rings (SSSR count). The van der Waals surface area contributed by atoms with Crippen LogP contribution < -0.4 is 5.32 Å². The molecule has 120 valence electrons. The number of carbonyl (C=O) groups is 2. The van der Waals surface area contributed by atoms with Gasteiger partial charge in [-0.05, 0) is 30.2 Å². The second-order valence-electron chi connectivity index (χ2n) is 6.66. The standard InChI is InChI=1S/C18H19NO4/c20-17(21)13(8-10-4-2-1-3-5-10)19-16-14-11-6-7-12(9-11)15(14)18(22)23-16/h1-7,11-16,19H,8-9H2,(H,20,21)/t11?,12?,13-,14?,15?,16?/m0/s1. The fourth-order valence-corrected chi connectivity index (χ4v) is 4.30. The van der Waals surface area contributed by atoms with E-state index in [-0.39, 0.29) is 23.7 Å². The summed E-state index contributed by atoms with van der Waals surface area (Å²) < 4.78 is 5.47. The first-order valence-electron chi connectivity index (χ1n) is 8.05. The number of allylic oxidation sites excluding steroid dienone is 2. The number of nitrogens with one attached hydrogen (secondary N) is 1. The maximum Gasteiger partial charge on any atom is 0.321 e. The van der Waals surface area contributed by atoms with Crippen molar-refractivity contribution in [1.29, 1.82) is 0 Å². The first-order chi connectivity index (χ1) is 11.1. The molecule has 1 aromatic carbocycles. The lowest BCUT2D eigenvalue weighted by Crippen LogP contribution is -2.48. The molecule has 2 aliphatic carbocycles. The van der Waals surface area contributed by atoms with Crippen molar-refractivity contribution < 1.29 is 19.4 Å². The van der Waals surface area contributed by atoms with Crippen LogP contribution in [0.4, 0.5) is 0 Å². The number of hydrogen-bond donors (Lipinski definition) is 2. The molecule has 0 amide bonds. The van der Waals surface area contributed by atoms with Crippen LogP contribution in [0, 0.1) is 23.7 Å². The highest BCUT2D eigenvalue weighted by Gasteiger charge is 2.58. The van der Waals surface area contributed by atoms with Gasteiger partial charge in [-0.3, -0.25) is 14.9 Å². The average Bonchev–Trinajstić information content (AvgIpc) is 3.22. The van der Waals surface area contributed by atoms with E-state index in [4.69, 9.17) is 4.74 Å². The number of esters is 1. The molecular weight excluding hydrogens is 294 g/mol. The van der Waals surface area contributed by atoms with Gasteiger partial charge >= 0.3 is 11.9 Å². The van der Waals surface area contributed by atoms with Gasteiger partial charge in [0.25, 0.3) is 0 Å². The van der Waals surface area contributed by atoms with Gasteiger partial charge < -0.3 is 9.84 Å². The topological polar surface area (TPSA) is 75.6 Å². The fourth-order valence-electron chi connectivity index (χ4n) is 4.30. The minimum absolute atomic E-state index is 0.0649. The van der Waals surface area contributed by atoms with Crippen LogP contribution in [0.3, 0.4) is 0 Å². The second-order valence-corrected chi connectivity index (χ2v) is 6.66. The van der Waals surface area contributed by atoms with Crippen molar-refractivity contribution >= 4 is 11.9 Å². The highest BCUT2D eigenvalue weighted by molar-refractivity contribution is 5.78. The Balaban J connectivity index is 1.50. The first-order valence-corrected chi connectivity index (χ1v) is 8.05. The van der Waals surface area contributed by atoms with Crippen LogP contribution >= 0.6 is 0 Å². The Morgan fingerprint density at radius 2 is 2.00 bits per heavy atom. The SMILES string of the molecule is O=C1OC(N[C@@H](Cc2ccccc2)C(=O)O)C2C3C=CC(C3)C12. The van der Waals surface area contributed by atoms with Crippen LogP contribution in [0.15, 0.2) is 42.5 Å². The third-order valence-electron chi connectivity index (χ3n) is 5.33. The molecule has 2 N–H and O–H groups in total. The quantitative estimate of drug-likeness (QED) is 0.638. The van der Waals surface area contributed by atoms with Crippen LogP contribution in [0.2, 0.25) is 0 Å². The number of carboxylic acids is 1. The number of rotatable bonds is 5. The number of ether oxygens (including phenoxy) is 1. The minimum Gasteiger partial charge on any atom is -0.480 e. The van der Waals surface area contributed by atoms with Crippen LogP contribution in [-0.2, 0) is 20.7 Å². The van der Waals surface area contributed by atoms with Gasteiger partial charge in [-0.2, -0.15) is 0 Å². The summed E-state index contributed by atoms with van der Waals surface area (Å²) in [6.07, 6.45) is 5.10. The van der Waals surface area contributed by atoms with E-state index in [2.05, 4.69) is 17.5 Å². The number of cyclic esters (lactones) is 1. The van der Waals surface area contributed by atoms with Crippen molar-refractivity contribution in [3.63, 3.8) is 0 Å². The number of benzene rings is 1. The monoisotopic (exact) mass is 313 g/mol. The Hall–Kier alpha value is -2.14. The van der Waals surface area contributed by atoms with Crippen molar-refractivity contribution in [1.82, 2.24) is 5.32 Å². The summed E-state index contributed by atoms with van der Waals surface area (Å²) in [4.78, 5) is 23.7. The summed E-state index contributed by atoms with van der Waals surface area (Å²) >= 11 is 0. The van der Waals surface area contributed by atoms with Crippen LogP contribution in [-0.4, -0.2) is 29.3 Å². The summed E-state index contributed by atoms with van der Waals surface area (Å²) in [5.41, 5.74) is 0.945. The van der Waals surface area contributed by atoms with Gasteiger partial charge in [-0.1, -0.05) is 42.5 Å². The maximum atomic E-state index is 12.1. The molecule has 23 heavy (non-hydrogen) atoms. The van der Waals surface area contributed by atoms with Crippen molar-refractivity contribution in [3.05, 3.63) is 48.0 Å². The third kappa shape index (κ3) is 2.45. The Kier molecular flexibility index (Phi) is 3.45. The summed E-state index contributed by atoms with van der Waals surface area (Å²) in [6.45, 7) is 0. The Labute approximate surface area is 134 Å². The third-order valence-corrected chi connectivity index (χ3v) is 5.33. The molecule has 0 spiro atoms. The van der Waals surface area contributed by atoms with E-state index in [0.717, 1.165) is 12.0 Å². The van der Waals surface area contributed by atoms with E-state index >= 15 is 0 Å². The molecule has 0 aromatic heterocycles. The molecule has 5 nitrogen and oxygen atoms in total. The van der Waals surface area contributed by atoms with Crippen LogP contribution in [0.25, 0.3) is 0 Å². The molecule has 5 heteroatoms. The molecule has 1 heterocycles.